The number of anilines is 2. The normalized spacial score (nSPS) is 14.6. The zero-order chi connectivity index (χ0) is 27.0. The number of hydrogen-bond acceptors (Lipinski definition) is 7. The standard InChI is InChI=1S/C24H27F3N6O3S/c1-14(18-12-29-21(37-18)31-16-7-5-15(6-8-16)24(25,26)27)30-20(34)17-11-28-19-13-32(9-10-33(17)19)22(35)36-23(2,3)4/h5-8,11-12,14H,9-10,13H2,1-4H3,(H,29,31)(H,30,34). The molecule has 1 unspecified atom stereocenters. The third kappa shape index (κ3) is 6.40. The molecular formula is C24H27F3N6O3S. The van der Waals surface area contributed by atoms with Gasteiger partial charge in [0.1, 0.15) is 17.1 Å². The molecule has 2 N–H and O–H groups in total. The highest BCUT2D eigenvalue weighted by molar-refractivity contribution is 7.15. The predicted octanol–water partition coefficient (Wildman–Crippen LogP) is 5.34. The maximum atomic E-state index is 13.0. The van der Waals surface area contributed by atoms with E-state index in [1.54, 1.807) is 36.4 Å². The van der Waals surface area contributed by atoms with Crippen molar-refractivity contribution in [2.45, 2.75) is 58.6 Å². The number of carbonyl (C=O) groups excluding carboxylic acids is 2. The van der Waals surface area contributed by atoms with Gasteiger partial charge in [0.15, 0.2) is 5.13 Å². The fourth-order valence-corrected chi connectivity index (χ4v) is 4.51. The van der Waals surface area contributed by atoms with Crippen LogP contribution in [-0.2, 0) is 24.0 Å². The van der Waals surface area contributed by atoms with Gasteiger partial charge in [-0.15, -0.1) is 0 Å². The van der Waals surface area contributed by atoms with E-state index in [0.717, 1.165) is 17.0 Å². The fraction of sp³-hybridized carbons (Fsp3) is 0.417. The van der Waals surface area contributed by atoms with Crippen LogP contribution in [0.3, 0.4) is 0 Å². The maximum Gasteiger partial charge on any atom is 0.416 e. The summed E-state index contributed by atoms with van der Waals surface area (Å²) in [5, 5.41) is 6.39. The zero-order valence-electron chi connectivity index (χ0n) is 20.7. The van der Waals surface area contributed by atoms with E-state index in [1.807, 2.05) is 6.92 Å². The Morgan fingerprint density at radius 2 is 1.78 bits per heavy atom. The molecule has 3 heterocycles. The second-order valence-corrected chi connectivity index (χ2v) is 10.6. The summed E-state index contributed by atoms with van der Waals surface area (Å²) < 4.78 is 45.5. The lowest BCUT2D eigenvalue weighted by Crippen LogP contribution is -2.42. The molecule has 198 valence electrons. The number of benzene rings is 1. The van der Waals surface area contributed by atoms with Crippen molar-refractivity contribution in [1.29, 1.82) is 0 Å². The van der Waals surface area contributed by atoms with Gasteiger partial charge >= 0.3 is 12.3 Å². The molecule has 0 saturated carbocycles. The average Bonchev–Trinajstić information content (AvgIpc) is 3.44. The van der Waals surface area contributed by atoms with Crippen molar-refractivity contribution >= 4 is 34.2 Å². The third-order valence-corrected chi connectivity index (χ3v) is 6.61. The molecule has 0 fully saturated rings. The summed E-state index contributed by atoms with van der Waals surface area (Å²) in [6.07, 6.45) is -1.73. The van der Waals surface area contributed by atoms with E-state index in [9.17, 15) is 22.8 Å². The highest BCUT2D eigenvalue weighted by atomic mass is 32.1. The van der Waals surface area contributed by atoms with Gasteiger partial charge in [-0.25, -0.2) is 14.8 Å². The number of rotatable bonds is 5. The molecule has 2 amide bonds. The first-order valence-corrected chi connectivity index (χ1v) is 12.3. The van der Waals surface area contributed by atoms with Crippen LogP contribution < -0.4 is 10.6 Å². The lowest BCUT2D eigenvalue weighted by molar-refractivity contribution is -0.137. The minimum absolute atomic E-state index is 0.242. The van der Waals surface area contributed by atoms with Gasteiger partial charge in [-0.1, -0.05) is 11.3 Å². The Bertz CT molecular complexity index is 1280. The van der Waals surface area contributed by atoms with Crippen molar-refractivity contribution in [3.8, 4) is 0 Å². The SMILES string of the molecule is CC(NC(=O)c1cnc2n1CCN(C(=O)OC(C)(C)C)C2)c1cnc(Nc2ccc(C(F)(F)F)cc2)s1. The second-order valence-electron chi connectivity index (χ2n) is 9.58. The van der Waals surface area contributed by atoms with Crippen LogP contribution in [0.15, 0.2) is 36.7 Å². The Kier molecular flexibility index (Phi) is 7.18. The smallest absolute Gasteiger partial charge is 0.416 e. The van der Waals surface area contributed by atoms with Crippen LogP contribution in [0.5, 0.6) is 0 Å². The number of ether oxygens (including phenoxy) is 1. The van der Waals surface area contributed by atoms with Crippen molar-refractivity contribution in [3.05, 3.63) is 58.6 Å². The van der Waals surface area contributed by atoms with Gasteiger partial charge in [-0.05, 0) is 52.0 Å². The number of imidazole rings is 1. The molecule has 2 aromatic heterocycles. The molecule has 1 aromatic carbocycles. The van der Waals surface area contributed by atoms with Gasteiger partial charge in [-0.2, -0.15) is 13.2 Å². The maximum absolute atomic E-state index is 13.0. The van der Waals surface area contributed by atoms with E-state index in [2.05, 4.69) is 20.6 Å². The van der Waals surface area contributed by atoms with Crippen molar-refractivity contribution in [2.24, 2.45) is 0 Å². The summed E-state index contributed by atoms with van der Waals surface area (Å²) >= 11 is 1.28. The number of hydrogen-bond donors (Lipinski definition) is 2. The molecular weight excluding hydrogens is 509 g/mol. The Labute approximate surface area is 215 Å². The summed E-state index contributed by atoms with van der Waals surface area (Å²) in [7, 11) is 0. The van der Waals surface area contributed by atoms with E-state index in [0.29, 0.717) is 35.4 Å². The molecule has 0 bridgehead atoms. The minimum atomic E-state index is -4.40. The van der Waals surface area contributed by atoms with Crippen molar-refractivity contribution in [1.82, 2.24) is 24.8 Å². The number of amides is 2. The van der Waals surface area contributed by atoms with Crippen LogP contribution in [0.2, 0.25) is 0 Å². The van der Waals surface area contributed by atoms with Gasteiger partial charge in [0.05, 0.1) is 24.3 Å². The number of fused-ring (bicyclic) bond motifs is 1. The Morgan fingerprint density at radius 1 is 1.08 bits per heavy atom. The van der Waals surface area contributed by atoms with E-state index in [4.69, 9.17) is 4.74 Å². The van der Waals surface area contributed by atoms with E-state index >= 15 is 0 Å². The molecule has 9 nitrogen and oxygen atoms in total. The van der Waals surface area contributed by atoms with E-state index in [-0.39, 0.29) is 18.5 Å². The first kappa shape index (κ1) is 26.5. The molecule has 1 atom stereocenters. The number of nitrogens with one attached hydrogen (secondary N) is 2. The van der Waals surface area contributed by atoms with Crippen LogP contribution >= 0.6 is 11.3 Å². The van der Waals surface area contributed by atoms with Crippen LogP contribution in [0.4, 0.5) is 28.8 Å². The van der Waals surface area contributed by atoms with Crippen LogP contribution in [0, 0.1) is 0 Å². The van der Waals surface area contributed by atoms with Gasteiger partial charge in [0.2, 0.25) is 0 Å². The summed E-state index contributed by atoms with van der Waals surface area (Å²) in [6.45, 7) is 8.26. The molecule has 1 aliphatic heterocycles. The molecule has 4 rings (SSSR count). The number of thiazole rings is 1. The highest BCUT2D eigenvalue weighted by Crippen LogP contribution is 2.31. The summed E-state index contributed by atoms with van der Waals surface area (Å²) in [6, 6.07) is 4.29. The molecule has 0 radical (unpaired) electrons. The Balaban J connectivity index is 1.36. The highest BCUT2D eigenvalue weighted by Gasteiger charge is 2.30. The van der Waals surface area contributed by atoms with Gasteiger partial charge in [-0.3, -0.25) is 9.69 Å². The summed E-state index contributed by atoms with van der Waals surface area (Å²) in [5.74, 6) is 0.276. The number of carbonyl (C=O) groups is 2. The molecule has 3 aromatic rings. The molecule has 0 spiro atoms. The van der Waals surface area contributed by atoms with Crippen molar-refractivity contribution < 1.29 is 27.5 Å². The molecule has 1 aliphatic rings. The summed E-state index contributed by atoms with van der Waals surface area (Å²) in [5.41, 5.74) is -0.474. The van der Waals surface area contributed by atoms with E-state index in [1.165, 1.54) is 29.7 Å². The predicted molar refractivity (Wildman–Crippen MR) is 132 cm³/mol. The van der Waals surface area contributed by atoms with Gasteiger partial charge in [0.25, 0.3) is 5.91 Å². The number of halogens is 3. The second kappa shape index (κ2) is 10.0. The van der Waals surface area contributed by atoms with Crippen molar-refractivity contribution in [2.75, 3.05) is 11.9 Å². The first-order valence-electron chi connectivity index (χ1n) is 11.5. The quantitative estimate of drug-likeness (QED) is 0.456. The monoisotopic (exact) mass is 536 g/mol. The van der Waals surface area contributed by atoms with Crippen LogP contribution in [-0.4, -0.2) is 43.6 Å². The van der Waals surface area contributed by atoms with Gasteiger partial charge in [0, 0.05) is 29.9 Å². The van der Waals surface area contributed by atoms with Crippen LogP contribution in [0.25, 0.3) is 0 Å². The zero-order valence-corrected chi connectivity index (χ0v) is 21.5. The number of nitrogens with zero attached hydrogens (tertiary/aromatic N) is 4. The average molecular weight is 537 g/mol. The molecule has 0 saturated heterocycles. The summed E-state index contributed by atoms with van der Waals surface area (Å²) in [4.78, 5) is 36.2. The fourth-order valence-electron chi connectivity index (χ4n) is 3.68. The third-order valence-electron chi connectivity index (χ3n) is 5.51. The van der Waals surface area contributed by atoms with E-state index < -0.39 is 23.4 Å². The molecule has 13 heteroatoms. The number of alkyl halides is 3. The minimum Gasteiger partial charge on any atom is -0.444 e. The molecule has 0 aliphatic carbocycles. The van der Waals surface area contributed by atoms with Gasteiger partial charge < -0.3 is 19.9 Å². The Hall–Kier alpha value is -3.61. The Morgan fingerprint density at radius 3 is 2.43 bits per heavy atom. The van der Waals surface area contributed by atoms with Crippen LogP contribution in [0.1, 0.15) is 60.5 Å². The topological polar surface area (TPSA) is 101 Å². The first-order chi connectivity index (χ1) is 17.3. The number of aromatic nitrogens is 3. The van der Waals surface area contributed by atoms with Crippen molar-refractivity contribution in [3.63, 3.8) is 0 Å². The lowest BCUT2D eigenvalue weighted by atomic mass is 10.2. The lowest BCUT2D eigenvalue weighted by Gasteiger charge is -2.30. The largest absolute Gasteiger partial charge is 0.444 e. The molecule has 37 heavy (non-hydrogen) atoms.